The number of carbonyl (C=O) groups excluding carboxylic acids is 2. The third-order valence-electron chi connectivity index (χ3n) is 8.03. The van der Waals surface area contributed by atoms with Gasteiger partial charge in [-0.1, -0.05) is 48.5 Å². The predicted octanol–water partition coefficient (Wildman–Crippen LogP) is 5.92. The van der Waals surface area contributed by atoms with Crippen molar-refractivity contribution in [3.05, 3.63) is 95.2 Å². The molecule has 1 saturated heterocycles. The molecule has 1 fully saturated rings. The van der Waals surface area contributed by atoms with Crippen LogP contribution in [0.2, 0.25) is 0 Å². The molecule has 1 N–H and O–H groups in total. The zero-order valence-corrected chi connectivity index (χ0v) is 24.0. The molecule has 8 nitrogen and oxygen atoms in total. The van der Waals surface area contributed by atoms with E-state index in [0.717, 1.165) is 47.0 Å². The van der Waals surface area contributed by atoms with Gasteiger partial charge in [0, 0.05) is 30.1 Å². The number of para-hydroxylation sites is 1. The summed E-state index contributed by atoms with van der Waals surface area (Å²) in [7, 11) is 0. The van der Waals surface area contributed by atoms with Crippen LogP contribution in [0.4, 0.5) is 4.79 Å². The number of carbonyl (C=O) groups is 2. The number of rotatable bonds is 10. The Labute approximate surface area is 245 Å². The fourth-order valence-corrected chi connectivity index (χ4v) is 5.67. The second kappa shape index (κ2) is 11.7. The molecule has 6 rings (SSSR count). The summed E-state index contributed by atoms with van der Waals surface area (Å²) in [5.41, 5.74) is 3.84. The molecule has 0 radical (unpaired) electrons. The lowest BCUT2D eigenvalue weighted by Crippen LogP contribution is -2.41. The molecule has 2 aliphatic heterocycles. The van der Waals surface area contributed by atoms with Gasteiger partial charge in [-0.3, -0.25) is 14.7 Å². The molecule has 0 saturated carbocycles. The summed E-state index contributed by atoms with van der Waals surface area (Å²) in [6, 6.07) is 21.5. The van der Waals surface area contributed by atoms with E-state index in [4.69, 9.17) is 19.2 Å². The summed E-state index contributed by atoms with van der Waals surface area (Å²) < 4.78 is 17.7. The normalized spacial score (nSPS) is 17.9. The van der Waals surface area contributed by atoms with E-state index < -0.39 is 5.54 Å². The number of aryl methyl sites for hydroxylation is 1. The van der Waals surface area contributed by atoms with Crippen LogP contribution in [-0.4, -0.2) is 48.2 Å². The quantitative estimate of drug-likeness (QED) is 0.190. The van der Waals surface area contributed by atoms with E-state index >= 15 is 0 Å². The van der Waals surface area contributed by atoms with Crippen LogP contribution in [0.15, 0.2) is 72.9 Å². The van der Waals surface area contributed by atoms with Crippen molar-refractivity contribution in [1.82, 2.24) is 15.2 Å². The van der Waals surface area contributed by atoms with Gasteiger partial charge >= 0.3 is 6.03 Å². The van der Waals surface area contributed by atoms with Gasteiger partial charge in [-0.15, -0.1) is 0 Å². The van der Waals surface area contributed by atoms with Gasteiger partial charge in [0.15, 0.2) is 11.5 Å². The molecule has 3 amide bonds. The Balaban J connectivity index is 1.06. The van der Waals surface area contributed by atoms with E-state index in [2.05, 4.69) is 36.5 Å². The third kappa shape index (κ3) is 5.36. The summed E-state index contributed by atoms with van der Waals surface area (Å²) in [5.74, 6) is 1.84. The first-order chi connectivity index (χ1) is 20.4. The molecule has 1 aromatic heterocycles. The maximum absolute atomic E-state index is 13.4. The molecule has 0 aliphatic carbocycles. The number of unbranched alkanes of at least 4 members (excludes halogenated alkanes) is 2. The molecule has 0 bridgehead atoms. The average Bonchev–Trinajstić information content (AvgIpc) is 3.23. The number of nitrogens with one attached hydrogen (secondary N) is 1. The fraction of sp³-hybridized carbons (Fsp3) is 0.324. The first-order valence-corrected chi connectivity index (χ1v) is 14.5. The van der Waals surface area contributed by atoms with E-state index in [-0.39, 0.29) is 11.9 Å². The predicted molar refractivity (Wildman–Crippen MR) is 160 cm³/mol. The van der Waals surface area contributed by atoms with Gasteiger partial charge in [-0.2, -0.15) is 0 Å². The summed E-state index contributed by atoms with van der Waals surface area (Å²) in [6.45, 7) is 5.62. The number of ether oxygens (including phenoxy) is 3. The van der Waals surface area contributed by atoms with E-state index in [1.807, 2.05) is 36.5 Å². The Kier molecular flexibility index (Phi) is 7.69. The van der Waals surface area contributed by atoms with Crippen LogP contribution < -0.4 is 19.5 Å². The smallest absolute Gasteiger partial charge is 0.325 e. The number of nitrogens with zero attached hydrogens (tertiary/aromatic N) is 2. The van der Waals surface area contributed by atoms with Crippen molar-refractivity contribution in [1.29, 1.82) is 0 Å². The van der Waals surface area contributed by atoms with Crippen molar-refractivity contribution in [3.63, 3.8) is 0 Å². The summed E-state index contributed by atoms with van der Waals surface area (Å²) >= 11 is 0. The largest absolute Gasteiger partial charge is 0.493 e. The minimum atomic E-state index is -1.15. The number of fused-ring (bicyclic) bond motifs is 2. The molecule has 3 heterocycles. The molecule has 1 atom stereocenters. The fourth-order valence-electron chi connectivity index (χ4n) is 5.67. The molecule has 216 valence electrons. The highest BCUT2D eigenvalue weighted by Crippen LogP contribution is 2.37. The number of urea groups is 1. The second-order valence-electron chi connectivity index (χ2n) is 11.0. The van der Waals surface area contributed by atoms with Crippen molar-refractivity contribution >= 4 is 22.8 Å². The Morgan fingerprint density at radius 3 is 2.60 bits per heavy atom. The van der Waals surface area contributed by atoms with Crippen molar-refractivity contribution < 1.29 is 23.8 Å². The number of pyridine rings is 1. The van der Waals surface area contributed by atoms with E-state index in [0.29, 0.717) is 49.8 Å². The summed E-state index contributed by atoms with van der Waals surface area (Å²) in [6.07, 6.45) is 4.96. The Morgan fingerprint density at radius 1 is 0.952 bits per heavy atom. The topological polar surface area (TPSA) is 90.0 Å². The molecular formula is C34H35N3O5. The number of hydrogen-bond donors (Lipinski definition) is 1. The molecule has 0 spiro atoms. The SMILES string of the molecule is Cc1cccc2c(OCCCCCN3C(=O)NC(C)(c4ccc5c(c4)OCCO5)C3=O)c(Cc3ccccc3)cnc12. The monoisotopic (exact) mass is 565 g/mol. The van der Waals surface area contributed by atoms with Gasteiger partial charge in [-0.05, 0) is 68.0 Å². The number of hydrogen-bond acceptors (Lipinski definition) is 6. The van der Waals surface area contributed by atoms with Gasteiger partial charge < -0.3 is 19.5 Å². The van der Waals surface area contributed by atoms with Gasteiger partial charge in [0.25, 0.3) is 5.91 Å². The lowest BCUT2D eigenvalue weighted by atomic mass is 9.91. The zero-order chi connectivity index (χ0) is 29.1. The van der Waals surface area contributed by atoms with Crippen LogP contribution in [-0.2, 0) is 16.8 Å². The Hall–Kier alpha value is -4.59. The second-order valence-corrected chi connectivity index (χ2v) is 11.0. The number of imide groups is 1. The van der Waals surface area contributed by atoms with Crippen molar-refractivity contribution in [2.24, 2.45) is 0 Å². The number of aromatic nitrogens is 1. The minimum Gasteiger partial charge on any atom is -0.493 e. The molecule has 3 aromatic carbocycles. The highest BCUT2D eigenvalue weighted by atomic mass is 16.6. The molecular weight excluding hydrogens is 530 g/mol. The maximum atomic E-state index is 13.4. The highest BCUT2D eigenvalue weighted by Gasteiger charge is 2.49. The maximum Gasteiger partial charge on any atom is 0.325 e. The van der Waals surface area contributed by atoms with Crippen LogP contribution >= 0.6 is 0 Å². The van der Waals surface area contributed by atoms with E-state index in [1.54, 1.807) is 19.1 Å². The minimum absolute atomic E-state index is 0.260. The van der Waals surface area contributed by atoms with Crippen molar-refractivity contribution in [2.75, 3.05) is 26.4 Å². The first-order valence-electron chi connectivity index (χ1n) is 14.5. The Bertz CT molecular complexity index is 1620. The zero-order valence-electron chi connectivity index (χ0n) is 24.0. The van der Waals surface area contributed by atoms with Crippen LogP contribution in [0.5, 0.6) is 17.2 Å². The molecule has 8 heteroatoms. The molecule has 2 aliphatic rings. The number of amides is 3. The van der Waals surface area contributed by atoms with Crippen LogP contribution in [0.1, 0.15) is 48.4 Å². The molecule has 1 unspecified atom stereocenters. The average molecular weight is 566 g/mol. The van der Waals surface area contributed by atoms with Crippen molar-refractivity contribution in [3.8, 4) is 17.2 Å². The lowest BCUT2D eigenvalue weighted by Gasteiger charge is -2.25. The molecule has 42 heavy (non-hydrogen) atoms. The lowest BCUT2D eigenvalue weighted by molar-refractivity contribution is -0.131. The highest BCUT2D eigenvalue weighted by molar-refractivity contribution is 6.07. The van der Waals surface area contributed by atoms with Crippen LogP contribution in [0, 0.1) is 6.92 Å². The van der Waals surface area contributed by atoms with Crippen LogP contribution in [0.25, 0.3) is 10.9 Å². The van der Waals surface area contributed by atoms with Gasteiger partial charge in [-0.25, -0.2) is 4.79 Å². The van der Waals surface area contributed by atoms with Crippen molar-refractivity contribution in [2.45, 2.75) is 45.1 Å². The van der Waals surface area contributed by atoms with Gasteiger partial charge in [0.1, 0.15) is 24.5 Å². The summed E-state index contributed by atoms with van der Waals surface area (Å²) in [4.78, 5) is 32.3. The van der Waals surface area contributed by atoms with E-state index in [1.165, 1.54) is 10.5 Å². The van der Waals surface area contributed by atoms with Crippen LogP contribution in [0.3, 0.4) is 0 Å². The van der Waals surface area contributed by atoms with Gasteiger partial charge in [0.2, 0.25) is 0 Å². The standard InChI is InChI=1S/C34H35N3O5/c1-23-10-9-13-27-30(23)35-22-25(20-24-11-5-3-6-12-24)31(27)42-17-8-4-7-16-37-32(38)34(2,36-33(37)39)26-14-15-28-29(21-26)41-19-18-40-28/h3,5-6,9-15,21-22H,4,7-8,16-20H2,1-2H3,(H,36,39). The van der Waals surface area contributed by atoms with Gasteiger partial charge in [0.05, 0.1) is 12.1 Å². The molecule has 4 aromatic rings. The third-order valence-corrected chi connectivity index (χ3v) is 8.03. The number of benzene rings is 3. The Morgan fingerprint density at radius 2 is 1.76 bits per heavy atom. The summed E-state index contributed by atoms with van der Waals surface area (Å²) in [5, 5.41) is 3.90. The van der Waals surface area contributed by atoms with E-state index in [9.17, 15) is 9.59 Å². The first kappa shape index (κ1) is 27.6.